The first-order chi connectivity index (χ1) is 16.1. The van der Waals surface area contributed by atoms with Crippen molar-refractivity contribution >= 4 is 17.5 Å². The molecule has 2 aromatic carbocycles. The molecule has 0 unspecified atom stereocenters. The van der Waals surface area contributed by atoms with Crippen LogP contribution in [0.2, 0.25) is 0 Å². The number of anilines is 1. The van der Waals surface area contributed by atoms with Crippen LogP contribution in [0.15, 0.2) is 72.9 Å². The molecule has 0 spiro atoms. The number of amides is 2. The summed E-state index contributed by atoms with van der Waals surface area (Å²) in [5.74, 6) is 1.72. The van der Waals surface area contributed by atoms with Gasteiger partial charge in [0.05, 0.1) is 11.9 Å². The van der Waals surface area contributed by atoms with Gasteiger partial charge in [0.15, 0.2) is 0 Å². The summed E-state index contributed by atoms with van der Waals surface area (Å²) in [5.41, 5.74) is 2.42. The topological polar surface area (TPSA) is 71.5 Å². The van der Waals surface area contributed by atoms with Crippen LogP contribution in [-0.2, 0) is 11.2 Å². The summed E-state index contributed by atoms with van der Waals surface area (Å²) in [5, 5.41) is 2.86. The van der Waals surface area contributed by atoms with Crippen molar-refractivity contribution in [3.05, 3.63) is 84.1 Å². The summed E-state index contributed by atoms with van der Waals surface area (Å²) in [4.78, 5) is 31.0. The molecular formula is C27H29N3O3. The van der Waals surface area contributed by atoms with Crippen LogP contribution < -0.4 is 10.1 Å². The SMILES string of the molecule is CC1CCN(C(=O)c2ccc(Oc3ccc(NC(=O)CCc4ccccc4)cn3)cc2)CC1. The zero-order valence-corrected chi connectivity index (χ0v) is 18.9. The highest BCUT2D eigenvalue weighted by molar-refractivity contribution is 5.94. The zero-order valence-electron chi connectivity index (χ0n) is 18.9. The molecule has 1 N–H and O–H groups in total. The van der Waals surface area contributed by atoms with E-state index in [1.54, 1.807) is 42.6 Å². The van der Waals surface area contributed by atoms with E-state index in [9.17, 15) is 9.59 Å². The average Bonchev–Trinajstić information content (AvgIpc) is 2.85. The molecule has 0 radical (unpaired) electrons. The molecular weight excluding hydrogens is 414 g/mol. The normalized spacial score (nSPS) is 14.0. The van der Waals surface area contributed by atoms with Crippen molar-refractivity contribution < 1.29 is 14.3 Å². The quantitative estimate of drug-likeness (QED) is 0.537. The number of pyridine rings is 1. The summed E-state index contributed by atoms with van der Waals surface area (Å²) >= 11 is 0. The van der Waals surface area contributed by atoms with Gasteiger partial charge in [-0.2, -0.15) is 0 Å². The number of hydrogen-bond donors (Lipinski definition) is 1. The summed E-state index contributed by atoms with van der Waals surface area (Å²) in [6.45, 7) is 3.86. The fourth-order valence-corrected chi connectivity index (χ4v) is 3.82. The maximum atomic E-state index is 12.7. The molecule has 0 bridgehead atoms. The van der Waals surface area contributed by atoms with Crippen LogP contribution in [-0.4, -0.2) is 34.8 Å². The van der Waals surface area contributed by atoms with Crippen LogP contribution in [0.5, 0.6) is 11.6 Å². The lowest BCUT2D eigenvalue weighted by Gasteiger charge is -2.30. The Morgan fingerprint density at radius 3 is 2.39 bits per heavy atom. The first-order valence-corrected chi connectivity index (χ1v) is 11.4. The maximum absolute atomic E-state index is 12.7. The Morgan fingerprint density at radius 1 is 1.00 bits per heavy atom. The van der Waals surface area contributed by atoms with E-state index in [4.69, 9.17) is 4.74 Å². The van der Waals surface area contributed by atoms with Crippen molar-refractivity contribution in [3.63, 3.8) is 0 Å². The van der Waals surface area contributed by atoms with Gasteiger partial charge in [0.1, 0.15) is 5.75 Å². The number of nitrogens with zero attached hydrogens (tertiary/aromatic N) is 2. The molecule has 1 fully saturated rings. The zero-order chi connectivity index (χ0) is 23.0. The Bertz CT molecular complexity index is 1060. The van der Waals surface area contributed by atoms with Crippen molar-refractivity contribution in [2.24, 2.45) is 5.92 Å². The number of carbonyl (C=O) groups excluding carboxylic acids is 2. The second-order valence-electron chi connectivity index (χ2n) is 8.52. The first kappa shape index (κ1) is 22.5. The van der Waals surface area contributed by atoms with Crippen LogP contribution in [0.4, 0.5) is 5.69 Å². The minimum absolute atomic E-state index is 0.0576. The van der Waals surface area contributed by atoms with Gasteiger partial charge in [-0.3, -0.25) is 9.59 Å². The lowest BCUT2D eigenvalue weighted by molar-refractivity contribution is -0.116. The molecule has 1 aliphatic heterocycles. The Balaban J connectivity index is 1.27. The number of rotatable bonds is 7. The average molecular weight is 444 g/mol. The monoisotopic (exact) mass is 443 g/mol. The van der Waals surface area contributed by atoms with Crippen molar-refractivity contribution in [2.45, 2.75) is 32.6 Å². The molecule has 0 atom stereocenters. The molecule has 1 aliphatic rings. The number of aryl methyl sites for hydroxylation is 1. The molecule has 0 aliphatic carbocycles. The standard InChI is InChI=1S/C27H29N3O3/c1-20-15-17-30(18-16-20)27(32)22-8-11-24(12-9-22)33-26-14-10-23(19-28-26)29-25(31)13-7-21-5-3-2-4-6-21/h2-6,8-12,14,19-20H,7,13,15-18H2,1H3,(H,29,31). The summed E-state index contributed by atoms with van der Waals surface area (Å²) in [6, 6.07) is 20.5. The second-order valence-corrected chi connectivity index (χ2v) is 8.52. The molecule has 2 heterocycles. The maximum Gasteiger partial charge on any atom is 0.253 e. The lowest BCUT2D eigenvalue weighted by atomic mass is 9.98. The summed E-state index contributed by atoms with van der Waals surface area (Å²) < 4.78 is 5.79. The van der Waals surface area contributed by atoms with E-state index < -0.39 is 0 Å². The number of piperidine rings is 1. The van der Waals surface area contributed by atoms with E-state index in [1.165, 1.54) is 0 Å². The fraction of sp³-hybridized carbons (Fsp3) is 0.296. The molecule has 170 valence electrons. The molecule has 1 saturated heterocycles. The van der Waals surface area contributed by atoms with Gasteiger partial charge in [-0.25, -0.2) is 4.98 Å². The van der Waals surface area contributed by atoms with Gasteiger partial charge < -0.3 is 15.0 Å². The molecule has 2 amide bonds. The van der Waals surface area contributed by atoms with Crippen LogP contribution in [0.25, 0.3) is 0 Å². The number of ether oxygens (including phenoxy) is 1. The van der Waals surface area contributed by atoms with Crippen LogP contribution >= 0.6 is 0 Å². The van der Waals surface area contributed by atoms with E-state index in [0.29, 0.717) is 41.6 Å². The molecule has 3 aromatic rings. The number of carbonyl (C=O) groups is 2. The Morgan fingerprint density at radius 2 is 1.73 bits per heavy atom. The van der Waals surface area contributed by atoms with Gasteiger partial charge in [0.2, 0.25) is 11.8 Å². The van der Waals surface area contributed by atoms with E-state index >= 15 is 0 Å². The van der Waals surface area contributed by atoms with Gasteiger partial charge in [-0.1, -0.05) is 37.3 Å². The molecule has 4 rings (SSSR count). The molecule has 33 heavy (non-hydrogen) atoms. The minimum atomic E-state index is -0.0576. The number of hydrogen-bond acceptors (Lipinski definition) is 4. The minimum Gasteiger partial charge on any atom is -0.439 e. The third kappa shape index (κ3) is 6.42. The van der Waals surface area contributed by atoms with E-state index in [1.807, 2.05) is 35.2 Å². The highest BCUT2D eigenvalue weighted by Crippen LogP contribution is 2.23. The third-order valence-electron chi connectivity index (χ3n) is 5.90. The third-order valence-corrected chi connectivity index (χ3v) is 5.90. The first-order valence-electron chi connectivity index (χ1n) is 11.4. The Hall–Kier alpha value is -3.67. The Labute approximate surface area is 194 Å². The van der Waals surface area contributed by atoms with Gasteiger partial charge >= 0.3 is 0 Å². The van der Waals surface area contributed by atoms with Crippen LogP contribution in [0.1, 0.15) is 42.1 Å². The predicted octanol–water partition coefficient (Wildman–Crippen LogP) is 5.32. The smallest absolute Gasteiger partial charge is 0.253 e. The second kappa shape index (κ2) is 10.8. The molecule has 6 nitrogen and oxygen atoms in total. The van der Waals surface area contributed by atoms with Crippen molar-refractivity contribution in [2.75, 3.05) is 18.4 Å². The molecule has 0 saturated carbocycles. The number of benzene rings is 2. The summed E-state index contributed by atoms with van der Waals surface area (Å²) in [7, 11) is 0. The predicted molar refractivity (Wildman–Crippen MR) is 128 cm³/mol. The molecule has 1 aromatic heterocycles. The number of aromatic nitrogens is 1. The van der Waals surface area contributed by atoms with Gasteiger partial charge in [-0.15, -0.1) is 0 Å². The van der Waals surface area contributed by atoms with E-state index in [-0.39, 0.29) is 11.8 Å². The van der Waals surface area contributed by atoms with E-state index in [0.717, 1.165) is 31.5 Å². The fourth-order valence-electron chi connectivity index (χ4n) is 3.82. The van der Waals surface area contributed by atoms with Gasteiger partial charge in [0.25, 0.3) is 5.91 Å². The highest BCUT2D eigenvalue weighted by atomic mass is 16.5. The van der Waals surface area contributed by atoms with Crippen molar-refractivity contribution in [1.82, 2.24) is 9.88 Å². The Kier molecular flexibility index (Phi) is 7.35. The van der Waals surface area contributed by atoms with Crippen molar-refractivity contribution in [3.8, 4) is 11.6 Å². The molecule has 6 heteroatoms. The largest absolute Gasteiger partial charge is 0.439 e. The van der Waals surface area contributed by atoms with Gasteiger partial charge in [0, 0.05) is 31.1 Å². The number of likely N-dealkylation sites (tertiary alicyclic amines) is 1. The van der Waals surface area contributed by atoms with Crippen LogP contribution in [0, 0.1) is 5.92 Å². The number of nitrogens with one attached hydrogen (secondary N) is 1. The van der Waals surface area contributed by atoms with Gasteiger partial charge in [-0.05, 0) is 61.1 Å². The highest BCUT2D eigenvalue weighted by Gasteiger charge is 2.21. The lowest BCUT2D eigenvalue weighted by Crippen LogP contribution is -2.37. The van der Waals surface area contributed by atoms with Crippen LogP contribution in [0.3, 0.4) is 0 Å². The summed E-state index contributed by atoms with van der Waals surface area (Å²) in [6.07, 6.45) is 4.79. The van der Waals surface area contributed by atoms with Crippen molar-refractivity contribution in [1.29, 1.82) is 0 Å². The van der Waals surface area contributed by atoms with E-state index in [2.05, 4.69) is 17.2 Å².